The number of hydrogen-bond acceptors (Lipinski definition) is 2. The van der Waals surface area contributed by atoms with Crippen molar-refractivity contribution in [1.82, 2.24) is 0 Å². The van der Waals surface area contributed by atoms with Crippen molar-refractivity contribution in [3.63, 3.8) is 0 Å². The Bertz CT molecular complexity index is 229. The van der Waals surface area contributed by atoms with Gasteiger partial charge in [0.05, 0.1) is 17.6 Å². The summed E-state index contributed by atoms with van der Waals surface area (Å²) in [4.78, 5) is 0. The number of rotatable bonds is 0. The van der Waals surface area contributed by atoms with Gasteiger partial charge in [-0.25, -0.2) is 0 Å². The van der Waals surface area contributed by atoms with E-state index in [1.807, 2.05) is 0 Å². The van der Waals surface area contributed by atoms with Gasteiger partial charge in [-0.3, -0.25) is 0 Å². The topological polar surface area (TPSA) is 44.0 Å². The maximum atomic E-state index is 9.85. The zero-order valence-electron chi connectivity index (χ0n) is 8.00. The van der Waals surface area contributed by atoms with E-state index in [1.54, 1.807) is 0 Å². The highest BCUT2D eigenvalue weighted by Gasteiger charge is 2.46. The zero-order chi connectivity index (χ0) is 9.31. The normalized spacial score (nSPS) is 44.9. The van der Waals surface area contributed by atoms with Gasteiger partial charge in [0.1, 0.15) is 0 Å². The number of fused-ring (bicyclic) bond motifs is 1. The van der Waals surface area contributed by atoms with Gasteiger partial charge in [0, 0.05) is 5.92 Å². The van der Waals surface area contributed by atoms with Crippen molar-refractivity contribution in [2.24, 2.45) is 11.3 Å². The minimum Gasteiger partial charge on any atom is -0.393 e. The van der Waals surface area contributed by atoms with Crippen molar-refractivity contribution in [2.45, 2.75) is 51.0 Å². The molecule has 0 aromatic heterocycles. The van der Waals surface area contributed by atoms with Crippen molar-refractivity contribution < 1.29 is 5.11 Å². The molecule has 0 spiro atoms. The summed E-state index contributed by atoms with van der Waals surface area (Å²) < 4.78 is 0. The van der Waals surface area contributed by atoms with Gasteiger partial charge in [-0.1, -0.05) is 12.8 Å². The molecule has 0 unspecified atom stereocenters. The maximum absolute atomic E-state index is 9.85. The molecule has 0 heterocycles. The summed E-state index contributed by atoms with van der Waals surface area (Å²) in [7, 11) is 0. The summed E-state index contributed by atoms with van der Waals surface area (Å²) >= 11 is 0. The maximum Gasteiger partial charge on any atom is 0.0693 e. The van der Waals surface area contributed by atoms with Gasteiger partial charge < -0.3 is 5.11 Å². The predicted molar refractivity (Wildman–Crippen MR) is 49.9 cm³/mol. The Kier molecular flexibility index (Phi) is 2.29. The molecule has 0 radical (unpaired) electrons. The number of aliphatic hydroxyl groups is 1. The van der Waals surface area contributed by atoms with E-state index in [4.69, 9.17) is 0 Å². The Balaban J connectivity index is 2.22. The monoisotopic (exact) mass is 179 g/mol. The molecule has 0 saturated heterocycles. The molecule has 1 N–H and O–H groups in total. The van der Waals surface area contributed by atoms with Gasteiger partial charge in [-0.15, -0.1) is 0 Å². The molecule has 2 rings (SSSR count). The first-order valence-electron chi connectivity index (χ1n) is 5.38. The molecule has 2 aliphatic carbocycles. The molecule has 3 atom stereocenters. The first-order valence-corrected chi connectivity index (χ1v) is 5.38. The molecule has 13 heavy (non-hydrogen) atoms. The molecule has 0 aliphatic heterocycles. The summed E-state index contributed by atoms with van der Waals surface area (Å²) in [5.74, 6) is 0.278. The molecule has 72 valence electrons. The summed E-state index contributed by atoms with van der Waals surface area (Å²) in [5, 5.41) is 19.1. The molecule has 2 nitrogen and oxygen atoms in total. The van der Waals surface area contributed by atoms with Crippen LogP contribution in [0.15, 0.2) is 0 Å². The van der Waals surface area contributed by atoms with Crippen LogP contribution in [0.4, 0.5) is 0 Å². The smallest absolute Gasteiger partial charge is 0.0693 e. The first kappa shape index (κ1) is 9.02. The molecule has 2 aliphatic rings. The molecular formula is C11H17NO. The molecular weight excluding hydrogens is 162 g/mol. The van der Waals surface area contributed by atoms with Gasteiger partial charge in [0.15, 0.2) is 0 Å². The molecule has 0 aromatic rings. The highest BCUT2D eigenvalue weighted by molar-refractivity contribution is 5.08. The van der Waals surface area contributed by atoms with Crippen LogP contribution in [0.1, 0.15) is 44.9 Å². The third kappa shape index (κ3) is 1.36. The fourth-order valence-electron chi connectivity index (χ4n) is 3.16. The quantitative estimate of drug-likeness (QED) is 0.619. The molecule has 0 amide bonds. The Morgan fingerprint density at radius 1 is 1.15 bits per heavy atom. The van der Waals surface area contributed by atoms with Crippen LogP contribution in [-0.2, 0) is 0 Å². The SMILES string of the molecule is N#C[C@]12CCCC[C@H]1[C@@H](O)CCC2. The second kappa shape index (κ2) is 3.31. The van der Waals surface area contributed by atoms with Crippen LogP contribution in [0.25, 0.3) is 0 Å². The average Bonchev–Trinajstić information content (AvgIpc) is 2.18. The summed E-state index contributed by atoms with van der Waals surface area (Å²) in [6.07, 6.45) is 7.22. The third-order valence-corrected chi connectivity index (χ3v) is 3.91. The molecule has 0 bridgehead atoms. The lowest BCUT2D eigenvalue weighted by molar-refractivity contribution is -0.0235. The van der Waals surface area contributed by atoms with E-state index in [9.17, 15) is 10.4 Å². The van der Waals surface area contributed by atoms with Gasteiger partial charge >= 0.3 is 0 Å². The minimum absolute atomic E-state index is 0.157. The Hall–Kier alpha value is -0.550. The fraction of sp³-hybridized carbons (Fsp3) is 0.909. The number of nitriles is 1. The lowest BCUT2D eigenvalue weighted by Gasteiger charge is -2.45. The van der Waals surface area contributed by atoms with E-state index in [0.29, 0.717) is 0 Å². The third-order valence-electron chi connectivity index (χ3n) is 3.91. The Labute approximate surface area is 79.6 Å². The summed E-state index contributed by atoms with van der Waals surface area (Å²) in [6, 6.07) is 2.49. The average molecular weight is 179 g/mol. The van der Waals surface area contributed by atoms with Crippen molar-refractivity contribution in [1.29, 1.82) is 5.26 Å². The lowest BCUT2D eigenvalue weighted by atomic mass is 9.59. The molecule has 2 heteroatoms. The fourth-order valence-corrected chi connectivity index (χ4v) is 3.16. The number of nitrogens with zero attached hydrogens (tertiary/aromatic N) is 1. The first-order chi connectivity index (χ1) is 6.28. The molecule has 0 aromatic carbocycles. The number of hydrogen-bond donors (Lipinski definition) is 1. The molecule has 2 fully saturated rings. The van der Waals surface area contributed by atoms with Crippen LogP contribution in [0, 0.1) is 22.7 Å². The minimum atomic E-state index is -0.200. The van der Waals surface area contributed by atoms with E-state index >= 15 is 0 Å². The van der Waals surface area contributed by atoms with Crippen LogP contribution >= 0.6 is 0 Å². The molecule has 2 saturated carbocycles. The van der Waals surface area contributed by atoms with Gasteiger partial charge in [-0.05, 0) is 32.1 Å². The van der Waals surface area contributed by atoms with Gasteiger partial charge in [0.2, 0.25) is 0 Å². The van der Waals surface area contributed by atoms with Crippen molar-refractivity contribution in [2.75, 3.05) is 0 Å². The van der Waals surface area contributed by atoms with Crippen molar-refractivity contribution in [3.8, 4) is 6.07 Å². The predicted octanol–water partition coefficient (Wildman–Crippen LogP) is 2.23. The van der Waals surface area contributed by atoms with Gasteiger partial charge in [0.25, 0.3) is 0 Å². The van der Waals surface area contributed by atoms with Crippen LogP contribution in [-0.4, -0.2) is 11.2 Å². The largest absolute Gasteiger partial charge is 0.393 e. The van der Waals surface area contributed by atoms with Crippen LogP contribution in [0.3, 0.4) is 0 Å². The van der Waals surface area contributed by atoms with Crippen molar-refractivity contribution in [3.05, 3.63) is 0 Å². The van der Waals surface area contributed by atoms with E-state index in [2.05, 4.69) is 6.07 Å². The van der Waals surface area contributed by atoms with Crippen LogP contribution < -0.4 is 0 Å². The highest BCUT2D eigenvalue weighted by Crippen LogP contribution is 2.49. The second-order valence-electron chi connectivity index (χ2n) is 4.58. The summed E-state index contributed by atoms with van der Waals surface area (Å²) in [6.45, 7) is 0. The van der Waals surface area contributed by atoms with Crippen LogP contribution in [0.5, 0.6) is 0 Å². The summed E-state index contributed by atoms with van der Waals surface area (Å²) in [5.41, 5.74) is -0.157. The van der Waals surface area contributed by atoms with E-state index < -0.39 is 0 Å². The zero-order valence-corrected chi connectivity index (χ0v) is 8.00. The van der Waals surface area contributed by atoms with E-state index in [1.165, 1.54) is 12.8 Å². The van der Waals surface area contributed by atoms with E-state index in [-0.39, 0.29) is 17.4 Å². The standard InChI is InChI=1S/C11H17NO/c12-8-11-6-2-1-4-9(11)10(13)5-3-7-11/h9-10,13H,1-7H2/t9-,10-,11+/m0/s1. The number of aliphatic hydroxyl groups excluding tert-OH is 1. The second-order valence-corrected chi connectivity index (χ2v) is 4.58. The highest BCUT2D eigenvalue weighted by atomic mass is 16.3. The Morgan fingerprint density at radius 3 is 2.62 bits per heavy atom. The van der Waals surface area contributed by atoms with Crippen molar-refractivity contribution >= 4 is 0 Å². The lowest BCUT2D eigenvalue weighted by Crippen LogP contribution is -2.43. The van der Waals surface area contributed by atoms with Gasteiger partial charge in [-0.2, -0.15) is 5.26 Å². The van der Waals surface area contributed by atoms with E-state index in [0.717, 1.165) is 32.1 Å². The van der Waals surface area contributed by atoms with Crippen LogP contribution in [0.2, 0.25) is 0 Å². The Morgan fingerprint density at radius 2 is 1.92 bits per heavy atom.